The fraction of sp³-hybridized carbons (Fsp3) is 0.0741. The Balaban J connectivity index is 1.57. The molecule has 1 atom stereocenters. The first kappa shape index (κ1) is 19.4. The fourth-order valence-corrected chi connectivity index (χ4v) is 3.85. The molecule has 1 aromatic heterocycles. The molecule has 4 aromatic rings. The zero-order chi connectivity index (χ0) is 21.1. The van der Waals surface area contributed by atoms with Crippen molar-refractivity contribution in [1.82, 2.24) is 15.0 Å². The molecule has 0 unspecified atom stereocenters. The summed E-state index contributed by atoms with van der Waals surface area (Å²) in [6.07, 6.45) is 6.80. The van der Waals surface area contributed by atoms with Crippen LogP contribution in [0.4, 0.5) is 0 Å². The van der Waals surface area contributed by atoms with E-state index in [9.17, 15) is 0 Å². The van der Waals surface area contributed by atoms with E-state index in [4.69, 9.17) is 26.6 Å². The third kappa shape index (κ3) is 4.05. The van der Waals surface area contributed by atoms with Gasteiger partial charge in [0.25, 0.3) is 0 Å². The lowest BCUT2D eigenvalue weighted by Gasteiger charge is -2.25. The van der Waals surface area contributed by atoms with Crippen LogP contribution in [0.5, 0.6) is 0 Å². The van der Waals surface area contributed by atoms with Gasteiger partial charge in [-0.1, -0.05) is 109 Å². The van der Waals surface area contributed by atoms with Crippen LogP contribution in [0.3, 0.4) is 0 Å². The van der Waals surface area contributed by atoms with Gasteiger partial charge in [-0.15, -0.1) is 11.6 Å². The number of nitrogens with zero attached hydrogens (tertiary/aromatic N) is 3. The number of allylic oxidation sites excluding steroid dienone is 4. The Bertz CT molecular complexity index is 1190. The van der Waals surface area contributed by atoms with Crippen molar-refractivity contribution in [1.29, 1.82) is 0 Å². The van der Waals surface area contributed by atoms with Crippen molar-refractivity contribution < 1.29 is 0 Å². The number of alkyl halides is 1. The first-order chi connectivity index (χ1) is 15.2. The summed E-state index contributed by atoms with van der Waals surface area (Å²) in [5.74, 6) is 1.80. The molecule has 0 saturated heterocycles. The maximum absolute atomic E-state index is 7.09. The van der Waals surface area contributed by atoms with Gasteiger partial charge in [0.05, 0.1) is 0 Å². The summed E-state index contributed by atoms with van der Waals surface area (Å²) in [7, 11) is 0. The molecule has 0 radical (unpaired) electrons. The molecule has 0 N–H and O–H groups in total. The van der Waals surface area contributed by atoms with Gasteiger partial charge in [0.1, 0.15) is 4.87 Å². The van der Waals surface area contributed by atoms with E-state index in [0.717, 1.165) is 16.7 Å². The third-order valence-corrected chi connectivity index (χ3v) is 5.77. The standard InChI is InChI=1S/C27H20ClN3/c28-27(18-16-21(17-19-27)20-10-4-1-5-11-20)26-30-24(22-12-6-2-7-13-22)29-25(31-26)23-14-8-3-9-15-23/h1-18H,19H2/t27-/m0/s1. The highest BCUT2D eigenvalue weighted by molar-refractivity contribution is 6.25. The van der Waals surface area contributed by atoms with E-state index >= 15 is 0 Å². The quantitative estimate of drug-likeness (QED) is 0.345. The number of aromatic nitrogens is 3. The first-order valence-corrected chi connectivity index (χ1v) is 10.6. The minimum Gasteiger partial charge on any atom is -0.211 e. The predicted octanol–water partition coefficient (Wildman–Crippen LogP) is 6.68. The topological polar surface area (TPSA) is 38.7 Å². The number of rotatable bonds is 4. The van der Waals surface area contributed by atoms with Crippen LogP contribution in [0.2, 0.25) is 0 Å². The largest absolute Gasteiger partial charge is 0.211 e. The molecule has 0 bridgehead atoms. The van der Waals surface area contributed by atoms with Crippen molar-refractivity contribution in [2.45, 2.75) is 11.3 Å². The predicted molar refractivity (Wildman–Crippen MR) is 126 cm³/mol. The van der Waals surface area contributed by atoms with E-state index in [2.05, 4.69) is 24.3 Å². The second kappa shape index (κ2) is 8.29. The number of benzene rings is 3. The fourth-order valence-electron chi connectivity index (χ4n) is 3.62. The summed E-state index contributed by atoms with van der Waals surface area (Å²) in [5, 5.41) is 0. The van der Waals surface area contributed by atoms with Crippen LogP contribution in [0.25, 0.3) is 28.3 Å². The Morgan fingerprint density at radius 2 is 1.10 bits per heavy atom. The smallest absolute Gasteiger partial charge is 0.163 e. The summed E-state index contributed by atoms with van der Waals surface area (Å²) < 4.78 is 0. The summed E-state index contributed by atoms with van der Waals surface area (Å²) in [5.41, 5.74) is 4.19. The van der Waals surface area contributed by atoms with Gasteiger partial charge in [-0.25, -0.2) is 15.0 Å². The molecule has 0 spiro atoms. The van der Waals surface area contributed by atoms with Crippen LogP contribution in [0.15, 0.2) is 109 Å². The third-order valence-electron chi connectivity index (χ3n) is 5.32. The van der Waals surface area contributed by atoms with E-state index in [1.54, 1.807) is 0 Å². The van der Waals surface area contributed by atoms with Gasteiger partial charge in [0.15, 0.2) is 17.5 Å². The Kier molecular flexibility index (Phi) is 5.19. The second-order valence-corrected chi connectivity index (χ2v) is 8.14. The molecule has 150 valence electrons. The van der Waals surface area contributed by atoms with Crippen LogP contribution in [0.1, 0.15) is 17.8 Å². The first-order valence-electron chi connectivity index (χ1n) is 10.2. The highest BCUT2D eigenvalue weighted by atomic mass is 35.5. The van der Waals surface area contributed by atoms with Crippen molar-refractivity contribution in [3.63, 3.8) is 0 Å². The molecule has 0 saturated carbocycles. The maximum atomic E-state index is 7.09. The van der Waals surface area contributed by atoms with E-state index in [0.29, 0.717) is 23.9 Å². The van der Waals surface area contributed by atoms with E-state index in [-0.39, 0.29) is 0 Å². The van der Waals surface area contributed by atoms with Crippen molar-refractivity contribution in [3.05, 3.63) is 121 Å². The normalized spacial score (nSPS) is 17.9. The highest BCUT2D eigenvalue weighted by Crippen LogP contribution is 2.39. The summed E-state index contributed by atoms with van der Waals surface area (Å²) in [4.78, 5) is 13.5. The average Bonchev–Trinajstić information content (AvgIpc) is 2.86. The molecule has 3 aromatic carbocycles. The highest BCUT2D eigenvalue weighted by Gasteiger charge is 2.32. The minimum absolute atomic E-state index is 0.557. The average molecular weight is 422 g/mol. The molecule has 1 heterocycles. The Morgan fingerprint density at radius 1 is 0.613 bits per heavy atom. The number of hydrogen-bond acceptors (Lipinski definition) is 3. The Morgan fingerprint density at radius 3 is 1.55 bits per heavy atom. The summed E-state index contributed by atoms with van der Waals surface area (Å²) in [6, 6.07) is 30.2. The van der Waals surface area contributed by atoms with Gasteiger partial charge < -0.3 is 0 Å². The van der Waals surface area contributed by atoms with Crippen LogP contribution in [-0.2, 0) is 4.87 Å². The van der Waals surface area contributed by atoms with Crippen LogP contribution >= 0.6 is 11.6 Å². The minimum atomic E-state index is -0.825. The SMILES string of the molecule is Cl[C@@]1(c2nc(-c3ccccc3)nc(-c3ccccc3)n2)C=CC(c2ccccc2)=CC1. The number of hydrogen-bond donors (Lipinski definition) is 0. The monoisotopic (exact) mass is 421 g/mol. The molecule has 0 fully saturated rings. The second-order valence-electron chi connectivity index (χ2n) is 7.46. The zero-order valence-electron chi connectivity index (χ0n) is 16.8. The van der Waals surface area contributed by atoms with Gasteiger partial charge in [-0.3, -0.25) is 0 Å². The number of halogens is 1. The maximum Gasteiger partial charge on any atom is 0.163 e. The lowest BCUT2D eigenvalue weighted by atomic mass is 9.91. The van der Waals surface area contributed by atoms with E-state index in [1.807, 2.05) is 84.9 Å². The molecule has 4 heteroatoms. The van der Waals surface area contributed by atoms with Gasteiger partial charge in [0, 0.05) is 11.1 Å². The molecule has 1 aliphatic rings. The molecule has 5 rings (SSSR count). The van der Waals surface area contributed by atoms with Crippen molar-refractivity contribution in [3.8, 4) is 22.8 Å². The molecular weight excluding hydrogens is 402 g/mol. The molecular formula is C27H20ClN3. The van der Waals surface area contributed by atoms with Crippen LogP contribution < -0.4 is 0 Å². The molecule has 0 aliphatic heterocycles. The van der Waals surface area contributed by atoms with Crippen LogP contribution in [-0.4, -0.2) is 15.0 Å². The van der Waals surface area contributed by atoms with E-state index in [1.165, 1.54) is 5.56 Å². The van der Waals surface area contributed by atoms with Crippen molar-refractivity contribution in [2.24, 2.45) is 0 Å². The van der Waals surface area contributed by atoms with Crippen LogP contribution in [0, 0.1) is 0 Å². The summed E-state index contributed by atoms with van der Waals surface area (Å²) in [6.45, 7) is 0. The lowest BCUT2D eigenvalue weighted by molar-refractivity contribution is 0.694. The zero-order valence-corrected chi connectivity index (χ0v) is 17.6. The van der Waals surface area contributed by atoms with E-state index < -0.39 is 4.87 Å². The molecule has 31 heavy (non-hydrogen) atoms. The van der Waals surface area contributed by atoms with Gasteiger partial charge in [0.2, 0.25) is 0 Å². The Labute approximate surface area is 186 Å². The van der Waals surface area contributed by atoms with Crippen molar-refractivity contribution in [2.75, 3.05) is 0 Å². The van der Waals surface area contributed by atoms with Gasteiger partial charge in [-0.2, -0.15) is 0 Å². The molecule has 0 amide bonds. The van der Waals surface area contributed by atoms with Gasteiger partial charge in [-0.05, 0) is 17.6 Å². The van der Waals surface area contributed by atoms with Crippen molar-refractivity contribution >= 4 is 17.2 Å². The molecule has 3 nitrogen and oxygen atoms in total. The summed E-state index contributed by atoms with van der Waals surface area (Å²) >= 11 is 7.09. The van der Waals surface area contributed by atoms with Gasteiger partial charge >= 0.3 is 0 Å². The lowest BCUT2D eigenvalue weighted by Crippen LogP contribution is -2.22. The molecule has 1 aliphatic carbocycles. The Hall–Kier alpha value is -3.56.